The van der Waals surface area contributed by atoms with E-state index in [4.69, 9.17) is 4.74 Å². The Kier molecular flexibility index (Phi) is 5.33. The molecule has 0 saturated carbocycles. The van der Waals surface area contributed by atoms with Crippen molar-refractivity contribution in [3.05, 3.63) is 90.3 Å². The minimum atomic E-state index is 0.00261. The molecule has 1 unspecified atom stereocenters. The van der Waals surface area contributed by atoms with Crippen molar-refractivity contribution in [1.82, 2.24) is 19.7 Å². The zero-order valence-electron chi connectivity index (χ0n) is 17.0. The van der Waals surface area contributed by atoms with E-state index in [-0.39, 0.29) is 6.04 Å². The van der Waals surface area contributed by atoms with Crippen molar-refractivity contribution in [2.45, 2.75) is 12.6 Å². The average Bonchev–Trinajstić information content (AvgIpc) is 3.50. The maximum atomic E-state index is 5.31. The Labute approximate surface area is 184 Å². The summed E-state index contributed by atoms with van der Waals surface area (Å²) in [5, 5.41) is 11.2. The summed E-state index contributed by atoms with van der Waals surface area (Å²) in [6.45, 7) is 0.685. The van der Waals surface area contributed by atoms with Gasteiger partial charge < -0.3 is 10.1 Å². The second-order valence-corrected chi connectivity index (χ2v) is 7.97. The summed E-state index contributed by atoms with van der Waals surface area (Å²) in [5.74, 6) is 1.65. The fraction of sp³-hybridized carbons (Fsp3) is 0.125. The van der Waals surface area contributed by atoms with E-state index in [1.807, 2.05) is 35.1 Å². The number of hydrogen-bond donors (Lipinski definition) is 1. The lowest BCUT2D eigenvalue weighted by Gasteiger charge is -2.20. The summed E-state index contributed by atoms with van der Waals surface area (Å²) in [7, 11) is 1.67. The highest BCUT2D eigenvalue weighted by molar-refractivity contribution is 7.17. The number of aromatic nitrogens is 4. The van der Waals surface area contributed by atoms with E-state index in [1.165, 1.54) is 5.56 Å². The molecule has 0 saturated heterocycles. The SMILES string of the molecule is COc1ccc(-c2csc3ncnc(NC(Cn4cccn4)c4ccccc4)c23)cc1. The van der Waals surface area contributed by atoms with Crippen LogP contribution < -0.4 is 10.1 Å². The minimum absolute atomic E-state index is 0.00261. The number of nitrogens with one attached hydrogen (secondary N) is 1. The van der Waals surface area contributed by atoms with Crippen LogP contribution in [0.15, 0.2) is 84.8 Å². The molecule has 3 heterocycles. The van der Waals surface area contributed by atoms with Gasteiger partial charge in [0.1, 0.15) is 22.7 Å². The number of ether oxygens (including phenoxy) is 1. The third-order valence-electron chi connectivity index (χ3n) is 5.21. The van der Waals surface area contributed by atoms with E-state index in [0.29, 0.717) is 6.54 Å². The molecule has 1 atom stereocenters. The molecule has 154 valence electrons. The molecule has 5 rings (SSSR count). The summed E-state index contributed by atoms with van der Waals surface area (Å²) in [6.07, 6.45) is 5.39. The Morgan fingerprint density at radius 3 is 2.61 bits per heavy atom. The van der Waals surface area contributed by atoms with Gasteiger partial charge in [0, 0.05) is 23.3 Å². The molecule has 0 aliphatic heterocycles. The van der Waals surface area contributed by atoms with Gasteiger partial charge >= 0.3 is 0 Å². The van der Waals surface area contributed by atoms with Gasteiger partial charge in [-0.05, 0) is 29.3 Å². The molecular formula is C24H21N5OS. The largest absolute Gasteiger partial charge is 0.497 e. The Balaban J connectivity index is 1.55. The summed E-state index contributed by atoms with van der Waals surface area (Å²) >= 11 is 1.62. The van der Waals surface area contributed by atoms with E-state index in [1.54, 1.807) is 31.0 Å². The van der Waals surface area contributed by atoms with Gasteiger partial charge in [0.15, 0.2) is 0 Å². The van der Waals surface area contributed by atoms with Gasteiger partial charge in [-0.1, -0.05) is 42.5 Å². The first-order chi connectivity index (χ1) is 15.3. The Bertz CT molecular complexity index is 1270. The maximum Gasteiger partial charge on any atom is 0.139 e. The highest BCUT2D eigenvalue weighted by atomic mass is 32.1. The van der Waals surface area contributed by atoms with Crippen LogP contribution in [0.2, 0.25) is 0 Å². The second-order valence-electron chi connectivity index (χ2n) is 7.12. The molecule has 1 N–H and O–H groups in total. The highest BCUT2D eigenvalue weighted by Crippen LogP contribution is 2.38. The van der Waals surface area contributed by atoms with Crippen LogP contribution in [0.25, 0.3) is 21.3 Å². The Morgan fingerprint density at radius 1 is 1.03 bits per heavy atom. The number of rotatable bonds is 7. The summed E-state index contributed by atoms with van der Waals surface area (Å²) < 4.78 is 7.24. The number of hydrogen-bond acceptors (Lipinski definition) is 6. The first kappa shape index (κ1) is 19.3. The van der Waals surface area contributed by atoms with Gasteiger partial charge in [-0.3, -0.25) is 4.68 Å². The Morgan fingerprint density at radius 2 is 1.87 bits per heavy atom. The summed E-state index contributed by atoms with van der Waals surface area (Å²) in [5.41, 5.74) is 3.39. The standard InChI is InChI=1S/C24H21N5OS/c1-30-19-10-8-17(9-11-19)20-15-31-24-22(20)23(25-16-26-24)28-21(14-29-13-5-12-27-29)18-6-3-2-4-7-18/h2-13,15-16,21H,14H2,1H3,(H,25,26,28). The average molecular weight is 428 g/mol. The molecular weight excluding hydrogens is 406 g/mol. The third-order valence-corrected chi connectivity index (χ3v) is 6.10. The predicted octanol–water partition coefficient (Wildman–Crippen LogP) is 5.42. The van der Waals surface area contributed by atoms with Crippen LogP contribution in [-0.2, 0) is 6.54 Å². The molecule has 0 radical (unpaired) electrons. The third kappa shape index (κ3) is 4.00. The molecule has 0 amide bonds. The van der Waals surface area contributed by atoms with Gasteiger partial charge in [-0.2, -0.15) is 5.10 Å². The fourth-order valence-corrected chi connectivity index (χ4v) is 4.56. The van der Waals surface area contributed by atoms with E-state index in [2.05, 4.69) is 62.2 Å². The summed E-state index contributed by atoms with van der Waals surface area (Å²) in [6, 6.07) is 20.4. The molecule has 31 heavy (non-hydrogen) atoms. The number of methoxy groups -OCH3 is 1. The van der Waals surface area contributed by atoms with Crippen LogP contribution in [0.1, 0.15) is 11.6 Å². The first-order valence-corrected chi connectivity index (χ1v) is 10.9. The van der Waals surface area contributed by atoms with E-state index < -0.39 is 0 Å². The van der Waals surface area contributed by atoms with E-state index >= 15 is 0 Å². The molecule has 0 aliphatic rings. The quantitative estimate of drug-likeness (QED) is 0.376. The highest BCUT2D eigenvalue weighted by Gasteiger charge is 2.18. The molecule has 3 aromatic heterocycles. The molecule has 0 aliphatic carbocycles. The molecule has 0 fully saturated rings. The van der Waals surface area contributed by atoms with Crippen molar-refractivity contribution in [1.29, 1.82) is 0 Å². The summed E-state index contributed by atoms with van der Waals surface area (Å²) in [4.78, 5) is 10.1. The fourth-order valence-electron chi connectivity index (χ4n) is 3.65. The van der Waals surface area contributed by atoms with Crippen LogP contribution in [0, 0.1) is 0 Å². The zero-order valence-corrected chi connectivity index (χ0v) is 17.8. The predicted molar refractivity (Wildman–Crippen MR) is 124 cm³/mol. The lowest BCUT2D eigenvalue weighted by molar-refractivity contribution is 0.415. The van der Waals surface area contributed by atoms with Crippen molar-refractivity contribution >= 4 is 27.4 Å². The van der Waals surface area contributed by atoms with Crippen molar-refractivity contribution in [3.8, 4) is 16.9 Å². The van der Waals surface area contributed by atoms with Gasteiger partial charge in [-0.25, -0.2) is 9.97 Å². The van der Waals surface area contributed by atoms with Gasteiger partial charge in [-0.15, -0.1) is 11.3 Å². The van der Waals surface area contributed by atoms with Crippen molar-refractivity contribution in [3.63, 3.8) is 0 Å². The van der Waals surface area contributed by atoms with Crippen molar-refractivity contribution < 1.29 is 4.74 Å². The number of thiophene rings is 1. The lowest BCUT2D eigenvalue weighted by Crippen LogP contribution is -2.18. The number of benzene rings is 2. The van der Waals surface area contributed by atoms with Crippen LogP contribution in [0.3, 0.4) is 0 Å². The number of fused-ring (bicyclic) bond motifs is 1. The van der Waals surface area contributed by atoms with Gasteiger partial charge in [0.05, 0.1) is 25.1 Å². The topological polar surface area (TPSA) is 64.9 Å². The van der Waals surface area contributed by atoms with Gasteiger partial charge in [0.25, 0.3) is 0 Å². The molecule has 0 bridgehead atoms. The van der Waals surface area contributed by atoms with Crippen molar-refractivity contribution in [2.75, 3.05) is 12.4 Å². The Hall–Kier alpha value is -3.71. The first-order valence-electron chi connectivity index (χ1n) is 9.97. The number of nitrogens with zero attached hydrogens (tertiary/aromatic N) is 4. The maximum absolute atomic E-state index is 5.31. The van der Waals surface area contributed by atoms with Gasteiger partial charge in [0.2, 0.25) is 0 Å². The van der Waals surface area contributed by atoms with Crippen molar-refractivity contribution in [2.24, 2.45) is 0 Å². The lowest BCUT2D eigenvalue weighted by atomic mass is 10.0. The monoisotopic (exact) mass is 427 g/mol. The van der Waals surface area contributed by atoms with Crippen LogP contribution in [-0.4, -0.2) is 26.9 Å². The molecule has 0 spiro atoms. The minimum Gasteiger partial charge on any atom is -0.497 e. The molecule has 5 aromatic rings. The normalized spacial score (nSPS) is 12.0. The molecule has 7 heteroatoms. The molecule has 2 aromatic carbocycles. The molecule has 6 nitrogen and oxygen atoms in total. The van der Waals surface area contributed by atoms with E-state index in [0.717, 1.165) is 32.9 Å². The van der Waals surface area contributed by atoms with Crippen LogP contribution >= 0.6 is 11.3 Å². The zero-order chi connectivity index (χ0) is 21.0. The van der Waals surface area contributed by atoms with Crippen LogP contribution in [0.5, 0.6) is 5.75 Å². The van der Waals surface area contributed by atoms with Crippen LogP contribution in [0.4, 0.5) is 5.82 Å². The second kappa shape index (κ2) is 8.57. The number of anilines is 1. The van der Waals surface area contributed by atoms with E-state index in [9.17, 15) is 0 Å². The smallest absolute Gasteiger partial charge is 0.139 e.